The summed E-state index contributed by atoms with van der Waals surface area (Å²) < 4.78 is 21.2. The van der Waals surface area contributed by atoms with Crippen molar-refractivity contribution in [1.29, 1.82) is 0 Å². The van der Waals surface area contributed by atoms with Crippen LogP contribution in [0.3, 0.4) is 0 Å². The summed E-state index contributed by atoms with van der Waals surface area (Å²) in [6.45, 7) is 7.73. The summed E-state index contributed by atoms with van der Waals surface area (Å²) in [7, 11) is 0. The standard InChI is InChI=1S/C27H35FN6O4/c1-16(2)33-21-10-23(29-13-20(21)26(36)32-14-22(28)27(3,4)37)34-7-5-18-9-17(11-30-24(18)34)12-31-25(35)19-6-8-38-15-19/h5,7,9-11,13,16,19,22,37H,6,8,12,14-15H2,1-4H3,(H,29,33)(H,31,35)(H,32,36)/t19?,22-/m1/s1. The number of aliphatic hydroxyl groups is 1. The highest BCUT2D eigenvalue weighted by Crippen LogP contribution is 2.24. The van der Waals surface area contributed by atoms with Crippen molar-refractivity contribution in [3.63, 3.8) is 0 Å². The quantitative estimate of drug-likeness (QED) is 0.320. The van der Waals surface area contributed by atoms with Crippen LogP contribution in [0.15, 0.2) is 36.8 Å². The Hall–Kier alpha value is -3.57. The monoisotopic (exact) mass is 526 g/mol. The summed E-state index contributed by atoms with van der Waals surface area (Å²) in [5.74, 6) is -0.0574. The van der Waals surface area contributed by atoms with Crippen molar-refractivity contribution >= 4 is 28.5 Å². The lowest BCUT2D eigenvalue weighted by Crippen LogP contribution is -2.42. The van der Waals surface area contributed by atoms with E-state index in [1.165, 1.54) is 20.0 Å². The van der Waals surface area contributed by atoms with E-state index in [0.717, 1.165) is 17.4 Å². The van der Waals surface area contributed by atoms with E-state index in [0.29, 0.717) is 36.9 Å². The molecule has 0 aromatic carbocycles. The molecule has 204 valence electrons. The van der Waals surface area contributed by atoms with Crippen LogP contribution in [-0.4, -0.2) is 69.0 Å². The average molecular weight is 527 g/mol. The Morgan fingerprint density at radius 2 is 2.03 bits per heavy atom. The molecule has 0 saturated carbocycles. The highest BCUT2D eigenvalue weighted by Gasteiger charge is 2.27. The van der Waals surface area contributed by atoms with Crippen LogP contribution >= 0.6 is 0 Å². The molecule has 11 heteroatoms. The zero-order valence-corrected chi connectivity index (χ0v) is 22.1. The topological polar surface area (TPSA) is 130 Å². The van der Waals surface area contributed by atoms with E-state index in [4.69, 9.17) is 4.74 Å². The molecule has 2 amide bonds. The largest absolute Gasteiger partial charge is 0.387 e. The van der Waals surface area contributed by atoms with Gasteiger partial charge in [-0.25, -0.2) is 14.4 Å². The van der Waals surface area contributed by atoms with Crippen molar-refractivity contribution in [2.45, 2.75) is 58.5 Å². The van der Waals surface area contributed by atoms with Gasteiger partial charge in [0.05, 0.1) is 35.9 Å². The van der Waals surface area contributed by atoms with E-state index in [-0.39, 0.29) is 30.0 Å². The Balaban J connectivity index is 1.52. The molecule has 4 rings (SSSR count). The first-order valence-corrected chi connectivity index (χ1v) is 12.8. The number of halogens is 1. The van der Waals surface area contributed by atoms with Crippen molar-refractivity contribution in [2.24, 2.45) is 5.92 Å². The number of nitrogens with one attached hydrogen (secondary N) is 3. The average Bonchev–Trinajstić information content (AvgIpc) is 3.55. The Bertz CT molecular complexity index is 1300. The molecule has 0 aliphatic carbocycles. The van der Waals surface area contributed by atoms with Gasteiger partial charge in [0.15, 0.2) is 0 Å². The van der Waals surface area contributed by atoms with Gasteiger partial charge in [-0.3, -0.25) is 14.2 Å². The normalized spacial score (nSPS) is 16.6. The minimum atomic E-state index is -1.62. The fourth-order valence-electron chi connectivity index (χ4n) is 4.14. The fourth-order valence-corrected chi connectivity index (χ4v) is 4.14. The number of carbonyl (C=O) groups is 2. The summed E-state index contributed by atoms with van der Waals surface area (Å²) in [6, 6.07) is 5.65. The van der Waals surface area contributed by atoms with Crippen LogP contribution in [0.25, 0.3) is 16.9 Å². The molecule has 1 aliphatic rings. The maximum atomic E-state index is 14.1. The number of ether oxygens (including phenoxy) is 1. The number of aromatic nitrogens is 3. The van der Waals surface area contributed by atoms with E-state index < -0.39 is 17.7 Å². The number of alkyl halides is 1. The number of pyridine rings is 2. The first-order chi connectivity index (χ1) is 18.0. The molecule has 2 atom stereocenters. The van der Waals surface area contributed by atoms with Gasteiger partial charge in [-0.15, -0.1) is 0 Å². The number of nitrogens with zero attached hydrogens (tertiary/aromatic N) is 3. The summed E-state index contributed by atoms with van der Waals surface area (Å²) in [4.78, 5) is 34.2. The Morgan fingerprint density at radius 1 is 1.24 bits per heavy atom. The minimum absolute atomic E-state index is 0.0132. The lowest BCUT2D eigenvalue weighted by molar-refractivity contribution is -0.125. The molecule has 0 bridgehead atoms. The van der Waals surface area contributed by atoms with E-state index in [1.54, 1.807) is 12.3 Å². The molecular weight excluding hydrogens is 491 g/mol. The van der Waals surface area contributed by atoms with Gasteiger partial charge >= 0.3 is 0 Å². The lowest BCUT2D eigenvalue weighted by Gasteiger charge is -2.23. The molecule has 3 aromatic rings. The Morgan fingerprint density at radius 3 is 2.71 bits per heavy atom. The first kappa shape index (κ1) is 27.5. The van der Waals surface area contributed by atoms with Gasteiger partial charge < -0.3 is 25.8 Å². The molecule has 1 saturated heterocycles. The van der Waals surface area contributed by atoms with E-state index >= 15 is 0 Å². The van der Waals surface area contributed by atoms with Crippen molar-refractivity contribution in [1.82, 2.24) is 25.2 Å². The predicted molar refractivity (Wildman–Crippen MR) is 142 cm³/mol. The van der Waals surface area contributed by atoms with Crippen molar-refractivity contribution < 1.29 is 23.8 Å². The van der Waals surface area contributed by atoms with Crippen LogP contribution in [0.1, 0.15) is 50.0 Å². The van der Waals surface area contributed by atoms with Gasteiger partial charge in [-0.05, 0) is 51.8 Å². The molecule has 38 heavy (non-hydrogen) atoms. The highest BCUT2D eigenvalue weighted by molar-refractivity contribution is 5.99. The molecule has 0 spiro atoms. The third-order valence-corrected chi connectivity index (χ3v) is 6.38. The van der Waals surface area contributed by atoms with E-state index in [2.05, 4.69) is 25.9 Å². The van der Waals surface area contributed by atoms with E-state index in [1.807, 2.05) is 36.7 Å². The summed E-state index contributed by atoms with van der Waals surface area (Å²) in [6.07, 6.45) is 4.12. The van der Waals surface area contributed by atoms with Crippen molar-refractivity contribution in [3.05, 3.63) is 47.9 Å². The van der Waals surface area contributed by atoms with Crippen molar-refractivity contribution in [2.75, 3.05) is 25.1 Å². The second-order valence-corrected chi connectivity index (χ2v) is 10.4. The smallest absolute Gasteiger partial charge is 0.255 e. The first-order valence-electron chi connectivity index (χ1n) is 12.8. The van der Waals surface area contributed by atoms with E-state index in [9.17, 15) is 19.1 Å². The zero-order chi connectivity index (χ0) is 27.4. The fraction of sp³-hybridized carbons (Fsp3) is 0.481. The molecule has 4 N–H and O–H groups in total. The van der Waals surface area contributed by atoms with Gasteiger partial charge in [0.2, 0.25) is 5.91 Å². The third-order valence-electron chi connectivity index (χ3n) is 6.38. The maximum Gasteiger partial charge on any atom is 0.255 e. The van der Waals surface area contributed by atoms with Gasteiger partial charge in [0.25, 0.3) is 5.91 Å². The van der Waals surface area contributed by atoms with Gasteiger partial charge in [-0.1, -0.05) is 0 Å². The Kier molecular flexibility index (Phi) is 8.27. The highest BCUT2D eigenvalue weighted by atomic mass is 19.1. The summed E-state index contributed by atoms with van der Waals surface area (Å²) in [5, 5.41) is 19.4. The predicted octanol–water partition coefficient (Wildman–Crippen LogP) is 2.73. The minimum Gasteiger partial charge on any atom is -0.387 e. The molecule has 4 heterocycles. The molecule has 0 radical (unpaired) electrons. The van der Waals surface area contributed by atoms with Crippen LogP contribution in [0.2, 0.25) is 0 Å². The number of carbonyl (C=O) groups excluding carboxylic acids is 2. The number of anilines is 1. The molecule has 1 fully saturated rings. The van der Waals surface area contributed by atoms with Crippen LogP contribution in [-0.2, 0) is 16.1 Å². The van der Waals surface area contributed by atoms with Gasteiger partial charge in [-0.2, -0.15) is 0 Å². The SMILES string of the molecule is CC(C)Nc1cc(-n2ccc3cc(CNC(=O)C4CCOC4)cnc32)ncc1C(=O)NC[C@@H](F)C(C)(C)O. The van der Waals surface area contributed by atoms with Crippen LogP contribution in [0.4, 0.5) is 10.1 Å². The van der Waals surface area contributed by atoms with Crippen LogP contribution in [0.5, 0.6) is 0 Å². The molecule has 1 unspecified atom stereocenters. The molecule has 1 aliphatic heterocycles. The van der Waals surface area contributed by atoms with Crippen LogP contribution < -0.4 is 16.0 Å². The second-order valence-electron chi connectivity index (χ2n) is 10.4. The lowest BCUT2D eigenvalue weighted by atomic mass is 10.0. The summed E-state index contributed by atoms with van der Waals surface area (Å²) in [5.41, 5.74) is 0.795. The molecule has 3 aromatic heterocycles. The Labute approximate surface area is 221 Å². The number of hydrogen-bond donors (Lipinski definition) is 4. The second kappa shape index (κ2) is 11.4. The molecular formula is C27H35FN6O4. The zero-order valence-electron chi connectivity index (χ0n) is 22.1. The number of hydrogen-bond acceptors (Lipinski definition) is 7. The number of fused-ring (bicyclic) bond motifs is 1. The van der Waals surface area contributed by atoms with Crippen LogP contribution in [0, 0.1) is 5.92 Å². The van der Waals surface area contributed by atoms with Gasteiger partial charge in [0.1, 0.15) is 17.6 Å². The number of amides is 2. The molecule has 10 nitrogen and oxygen atoms in total. The number of rotatable bonds is 10. The maximum absolute atomic E-state index is 14.1. The summed E-state index contributed by atoms with van der Waals surface area (Å²) >= 11 is 0. The van der Waals surface area contributed by atoms with Crippen molar-refractivity contribution in [3.8, 4) is 5.82 Å². The third kappa shape index (κ3) is 6.46. The van der Waals surface area contributed by atoms with Gasteiger partial charge in [0, 0.05) is 49.2 Å².